The molecule has 0 atom stereocenters. The largest absolute Gasteiger partial charge is 0.383 e. The molecule has 2 nitrogen and oxygen atoms in total. The molecule has 1 aromatic carbocycles. The van der Waals surface area contributed by atoms with E-state index >= 15 is 0 Å². The van der Waals surface area contributed by atoms with Crippen LogP contribution in [-0.2, 0) is 4.74 Å². The van der Waals surface area contributed by atoms with E-state index in [1.165, 1.54) is 11.1 Å². The first-order valence-corrected chi connectivity index (χ1v) is 7.09. The van der Waals surface area contributed by atoms with Gasteiger partial charge in [0.2, 0.25) is 0 Å². The molecule has 100 valence electrons. The van der Waals surface area contributed by atoms with Crippen LogP contribution in [0.2, 0.25) is 0 Å². The smallest absolute Gasteiger partial charge is 0.0587 e. The first-order chi connectivity index (χ1) is 8.65. The second kappa shape index (κ2) is 8.46. The second-order valence-electron chi connectivity index (χ2n) is 4.57. The maximum Gasteiger partial charge on any atom is 0.0587 e. The number of ether oxygens (including phenoxy) is 1. The van der Waals surface area contributed by atoms with Gasteiger partial charge in [0.05, 0.1) is 6.61 Å². The Hall–Kier alpha value is -0.640. The Morgan fingerprint density at radius 2 is 2.11 bits per heavy atom. The van der Waals surface area contributed by atoms with Gasteiger partial charge < -0.3 is 10.1 Å². The van der Waals surface area contributed by atoms with Gasteiger partial charge in [0.25, 0.3) is 0 Å². The van der Waals surface area contributed by atoms with Crippen molar-refractivity contribution in [2.75, 3.05) is 26.8 Å². The predicted molar refractivity (Wildman–Crippen MR) is 81.7 cm³/mol. The molecule has 0 aliphatic heterocycles. The fourth-order valence-electron chi connectivity index (χ4n) is 1.62. The van der Waals surface area contributed by atoms with Crippen LogP contribution in [0.3, 0.4) is 0 Å². The fourth-order valence-corrected chi connectivity index (χ4v) is 2.02. The van der Waals surface area contributed by atoms with E-state index in [0.29, 0.717) is 5.92 Å². The SMILES string of the molecule is COCCNCC(=Cc1ccccc1Br)C(C)C. The highest BCUT2D eigenvalue weighted by atomic mass is 79.9. The summed E-state index contributed by atoms with van der Waals surface area (Å²) in [6, 6.07) is 8.30. The van der Waals surface area contributed by atoms with Crippen molar-refractivity contribution in [1.82, 2.24) is 5.32 Å². The molecule has 0 fully saturated rings. The zero-order valence-electron chi connectivity index (χ0n) is 11.4. The van der Waals surface area contributed by atoms with Crippen LogP contribution in [0.25, 0.3) is 6.08 Å². The number of methoxy groups -OCH3 is 1. The Labute approximate surface area is 119 Å². The van der Waals surface area contributed by atoms with Gasteiger partial charge >= 0.3 is 0 Å². The molecule has 0 bridgehead atoms. The van der Waals surface area contributed by atoms with Crippen molar-refractivity contribution in [3.05, 3.63) is 39.9 Å². The lowest BCUT2D eigenvalue weighted by molar-refractivity contribution is 0.200. The molecule has 0 spiro atoms. The standard InChI is InChI=1S/C15H22BrNO/c1-12(2)14(11-17-8-9-18-3)10-13-6-4-5-7-15(13)16/h4-7,10,12,17H,8-9,11H2,1-3H3. The van der Waals surface area contributed by atoms with Crippen molar-refractivity contribution >= 4 is 22.0 Å². The minimum atomic E-state index is 0.534. The molecule has 0 radical (unpaired) electrons. The summed E-state index contributed by atoms with van der Waals surface area (Å²) in [4.78, 5) is 0. The summed E-state index contributed by atoms with van der Waals surface area (Å²) in [5.41, 5.74) is 2.63. The molecule has 0 aromatic heterocycles. The van der Waals surface area contributed by atoms with Crippen LogP contribution in [0.5, 0.6) is 0 Å². The molecule has 1 rings (SSSR count). The van der Waals surface area contributed by atoms with Crippen LogP contribution in [0.4, 0.5) is 0 Å². The Morgan fingerprint density at radius 1 is 1.39 bits per heavy atom. The van der Waals surface area contributed by atoms with Crippen molar-refractivity contribution in [3.63, 3.8) is 0 Å². The van der Waals surface area contributed by atoms with Crippen molar-refractivity contribution in [3.8, 4) is 0 Å². The number of halogens is 1. The van der Waals surface area contributed by atoms with Crippen LogP contribution in [0, 0.1) is 5.92 Å². The summed E-state index contributed by atoms with van der Waals surface area (Å²) in [5.74, 6) is 0.534. The highest BCUT2D eigenvalue weighted by Crippen LogP contribution is 2.21. The van der Waals surface area contributed by atoms with E-state index in [9.17, 15) is 0 Å². The average Bonchev–Trinajstić information content (AvgIpc) is 2.35. The van der Waals surface area contributed by atoms with E-state index in [0.717, 1.165) is 24.2 Å². The molecule has 0 amide bonds. The van der Waals surface area contributed by atoms with Crippen LogP contribution in [0.1, 0.15) is 19.4 Å². The molecule has 0 aliphatic carbocycles. The molecule has 0 saturated heterocycles. The number of rotatable bonds is 7. The number of nitrogens with one attached hydrogen (secondary N) is 1. The van der Waals surface area contributed by atoms with Crippen molar-refractivity contribution in [2.45, 2.75) is 13.8 Å². The van der Waals surface area contributed by atoms with Crippen LogP contribution in [0.15, 0.2) is 34.3 Å². The third kappa shape index (κ3) is 5.34. The van der Waals surface area contributed by atoms with Crippen molar-refractivity contribution in [1.29, 1.82) is 0 Å². The van der Waals surface area contributed by atoms with Gasteiger partial charge in [-0.3, -0.25) is 0 Å². The van der Waals surface area contributed by atoms with Gasteiger partial charge in [-0.1, -0.05) is 59.6 Å². The zero-order chi connectivity index (χ0) is 13.4. The van der Waals surface area contributed by atoms with Crippen LogP contribution < -0.4 is 5.32 Å². The molecular weight excluding hydrogens is 290 g/mol. The van der Waals surface area contributed by atoms with Gasteiger partial charge in [-0.2, -0.15) is 0 Å². The third-order valence-electron chi connectivity index (χ3n) is 2.80. The molecule has 0 saturated carbocycles. The van der Waals surface area contributed by atoms with E-state index in [1.807, 2.05) is 6.07 Å². The van der Waals surface area contributed by atoms with E-state index < -0.39 is 0 Å². The molecule has 1 aromatic rings. The van der Waals surface area contributed by atoms with E-state index in [2.05, 4.69) is 59.4 Å². The Kier molecular flexibility index (Phi) is 7.25. The maximum atomic E-state index is 5.03. The first-order valence-electron chi connectivity index (χ1n) is 6.29. The Balaban J connectivity index is 2.69. The average molecular weight is 312 g/mol. The van der Waals surface area contributed by atoms with Gasteiger partial charge in [0.1, 0.15) is 0 Å². The topological polar surface area (TPSA) is 21.3 Å². The molecule has 3 heteroatoms. The van der Waals surface area contributed by atoms with Gasteiger partial charge in [-0.05, 0) is 17.5 Å². The molecule has 1 N–H and O–H groups in total. The molecule has 0 aliphatic rings. The number of benzene rings is 1. The summed E-state index contributed by atoms with van der Waals surface area (Å²) >= 11 is 3.58. The zero-order valence-corrected chi connectivity index (χ0v) is 13.0. The second-order valence-corrected chi connectivity index (χ2v) is 5.42. The minimum Gasteiger partial charge on any atom is -0.383 e. The summed E-state index contributed by atoms with van der Waals surface area (Å²) < 4.78 is 6.17. The van der Waals surface area contributed by atoms with Gasteiger partial charge in [0, 0.05) is 24.7 Å². The van der Waals surface area contributed by atoms with Crippen molar-refractivity contribution < 1.29 is 4.74 Å². The minimum absolute atomic E-state index is 0.534. The summed E-state index contributed by atoms with van der Waals surface area (Å²) in [6.07, 6.45) is 2.26. The number of hydrogen-bond donors (Lipinski definition) is 1. The molecule has 0 heterocycles. The lowest BCUT2D eigenvalue weighted by Gasteiger charge is -2.13. The van der Waals surface area contributed by atoms with Crippen LogP contribution >= 0.6 is 15.9 Å². The first kappa shape index (κ1) is 15.4. The number of hydrogen-bond acceptors (Lipinski definition) is 2. The van der Waals surface area contributed by atoms with E-state index in [-0.39, 0.29) is 0 Å². The molecular formula is C15H22BrNO. The Morgan fingerprint density at radius 3 is 2.72 bits per heavy atom. The van der Waals surface area contributed by atoms with Gasteiger partial charge in [-0.15, -0.1) is 0 Å². The highest BCUT2D eigenvalue weighted by Gasteiger charge is 2.04. The van der Waals surface area contributed by atoms with E-state index in [1.54, 1.807) is 7.11 Å². The normalized spacial score (nSPS) is 12.2. The van der Waals surface area contributed by atoms with Gasteiger partial charge in [0.15, 0.2) is 0 Å². The lowest BCUT2D eigenvalue weighted by atomic mass is 10.0. The summed E-state index contributed by atoms with van der Waals surface area (Å²) in [5, 5.41) is 3.40. The van der Waals surface area contributed by atoms with Crippen LogP contribution in [-0.4, -0.2) is 26.8 Å². The quantitative estimate of drug-likeness (QED) is 0.775. The molecule has 18 heavy (non-hydrogen) atoms. The van der Waals surface area contributed by atoms with E-state index in [4.69, 9.17) is 4.74 Å². The Bertz CT molecular complexity index is 388. The monoisotopic (exact) mass is 311 g/mol. The van der Waals surface area contributed by atoms with Crippen molar-refractivity contribution in [2.24, 2.45) is 5.92 Å². The predicted octanol–water partition coefficient (Wildman–Crippen LogP) is 3.72. The fraction of sp³-hybridized carbons (Fsp3) is 0.467. The maximum absolute atomic E-state index is 5.03. The summed E-state index contributed by atoms with van der Waals surface area (Å²) in [7, 11) is 1.72. The molecule has 0 unspecified atom stereocenters. The lowest BCUT2D eigenvalue weighted by Crippen LogP contribution is -2.23. The van der Waals surface area contributed by atoms with Gasteiger partial charge in [-0.25, -0.2) is 0 Å². The highest BCUT2D eigenvalue weighted by molar-refractivity contribution is 9.10. The summed E-state index contributed by atoms with van der Waals surface area (Å²) in [6.45, 7) is 6.99. The third-order valence-corrected chi connectivity index (χ3v) is 3.52.